The van der Waals surface area contributed by atoms with Crippen LogP contribution in [0.2, 0.25) is 0 Å². The molecule has 4 fully saturated rings. The standard InChI is InChI=1S/C18H20BrN3O.C14H17NO.C4H3BrN2/c19-16-10-20-12-21-17(16)18(23)8-14-6-7-15(9-18)22(14)11-13-4-2-1-3-5-13;16-14-8-12-6-7-13(9-14)15(12)10-11-4-2-1-3-5-11;5-4-1-6-3-7-2-4/h1-5,10,12,14-15,23H,6-9,11H2;1-5,12-13H,6-10H2;1-3H. The zero-order chi connectivity index (χ0) is 31.9. The van der Waals surface area contributed by atoms with Crippen LogP contribution in [-0.4, -0.2) is 64.8 Å². The molecule has 4 aliphatic heterocycles. The molecule has 1 N–H and O–H groups in total. The highest BCUT2D eigenvalue weighted by Crippen LogP contribution is 2.47. The summed E-state index contributed by atoms with van der Waals surface area (Å²) in [5.74, 6) is 0.469. The van der Waals surface area contributed by atoms with Gasteiger partial charge in [-0.3, -0.25) is 14.6 Å². The van der Waals surface area contributed by atoms with Crippen molar-refractivity contribution in [2.75, 3.05) is 0 Å². The number of rotatable bonds is 5. The Hall–Kier alpha value is -2.89. The smallest absolute Gasteiger partial charge is 0.136 e. The number of hydrogen-bond acceptors (Lipinski definition) is 8. The Balaban J connectivity index is 0.000000139. The van der Waals surface area contributed by atoms with Gasteiger partial charge >= 0.3 is 0 Å². The molecular weight excluding hydrogens is 708 g/mol. The van der Waals surface area contributed by atoms with Crippen LogP contribution in [0.4, 0.5) is 0 Å². The largest absolute Gasteiger partial charge is 0.383 e. The third-order valence-corrected chi connectivity index (χ3v) is 10.7. The first-order valence-electron chi connectivity index (χ1n) is 16.1. The van der Waals surface area contributed by atoms with Gasteiger partial charge in [0.2, 0.25) is 0 Å². The van der Waals surface area contributed by atoms with Crippen molar-refractivity contribution in [1.82, 2.24) is 29.7 Å². The Labute approximate surface area is 288 Å². The van der Waals surface area contributed by atoms with E-state index >= 15 is 0 Å². The van der Waals surface area contributed by atoms with Crippen molar-refractivity contribution < 1.29 is 9.90 Å². The highest BCUT2D eigenvalue weighted by Gasteiger charge is 2.49. The van der Waals surface area contributed by atoms with Gasteiger partial charge in [-0.05, 0) is 81.5 Å². The van der Waals surface area contributed by atoms with Crippen LogP contribution in [0.25, 0.3) is 0 Å². The summed E-state index contributed by atoms with van der Waals surface area (Å²) in [6.07, 6.45) is 15.9. The molecule has 0 saturated carbocycles. The first-order chi connectivity index (χ1) is 22.4. The zero-order valence-electron chi connectivity index (χ0n) is 25.8. The Morgan fingerprint density at radius 2 is 1.17 bits per heavy atom. The first kappa shape index (κ1) is 33.0. The molecule has 8 rings (SSSR count). The van der Waals surface area contributed by atoms with Crippen molar-refractivity contribution in [1.29, 1.82) is 0 Å². The maximum absolute atomic E-state index is 11.5. The van der Waals surface area contributed by atoms with Crippen molar-refractivity contribution in [3.8, 4) is 0 Å². The van der Waals surface area contributed by atoms with E-state index in [9.17, 15) is 9.90 Å². The molecule has 4 aromatic rings. The molecule has 4 bridgehead atoms. The quantitative estimate of drug-likeness (QED) is 0.236. The lowest BCUT2D eigenvalue weighted by atomic mass is 9.83. The Bertz CT molecular complexity index is 1530. The van der Waals surface area contributed by atoms with E-state index in [0.717, 1.165) is 66.3 Å². The molecule has 10 heteroatoms. The van der Waals surface area contributed by atoms with Gasteiger partial charge in [-0.2, -0.15) is 0 Å². The van der Waals surface area contributed by atoms with Gasteiger partial charge in [0.25, 0.3) is 0 Å². The van der Waals surface area contributed by atoms with Crippen LogP contribution in [-0.2, 0) is 23.5 Å². The number of benzene rings is 2. The van der Waals surface area contributed by atoms with E-state index in [0.29, 0.717) is 30.0 Å². The van der Waals surface area contributed by atoms with E-state index in [-0.39, 0.29) is 0 Å². The molecular formula is C36H40Br2N6O2. The third-order valence-electron chi connectivity index (χ3n) is 9.67. The molecule has 0 aliphatic carbocycles. The fourth-order valence-corrected chi connectivity index (χ4v) is 8.44. The topological polar surface area (TPSA) is 95.3 Å². The van der Waals surface area contributed by atoms with Crippen LogP contribution < -0.4 is 0 Å². The lowest BCUT2D eigenvalue weighted by Crippen LogP contribution is -2.49. The van der Waals surface area contributed by atoms with Crippen molar-refractivity contribution in [3.63, 3.8) is 0 Å². The molecule has 4 atom stereocenters. The van der Waals surface area contributed by atoms with Crippen LogP contribution in [0.3, 0.4) is 0 Å². The predicted molar refractivity (Wildman–Crippen MR) is 184 cm³/mol. The number of aliphatic hydroxyl groups is 1. The normalized spacial score (nSPS) is 26.9. The second kappa shape index (κ2) is 15.3. The van der Waals surface area contributed by atoms with E-state index in [1.54, 1.807) is 18.6 Å². The van der Waals surface area contributed by atoms with Gasteiger partial charge in [0, 0.05) is 68.7 Å². The number of hydrogen-bond donors (Lipinski definition) is 1. The first-order valence-corrected chi connectivity index (χ1v) is 17.7. The lowest BCUT2D eigenvalue weighted by molar-refractivity contribution is -0.123. The number of Topliss-reactive ketones (excluding diaryl/α,β-unsaturated/α-hetero) is 1. The lowest BCUT2D eigenvalue weighted by Gasteiger charge is -2.43. The monoisotopic (exact) mass is 746 g/mol. The third kappa shape index (κ3) is 8.15. The summed E-state index contributed by atoms with van der Waals surface area (Å²) in [5.41, 5.74) is 2.61. The van der Waals surface area contributed by atoms with E-state index in [1.165, 1.54) is 36.6 Å². The maximum atomic E-state index is 11.5. The van der Waals surface area contributed by atoms with Crippen LogP contribution >= 0.6 is 31.9 Å². The Morgan fingerprint density at radius 3 is 1.65 bits per heavy atom. The van der Waals surface area contributed by atoms with Crippen molar-refractivity contribution >= 4 is 37.6 Å². The highest BCUT2D eigenvalue weighted by atomic mass is 79.9. The number of carbonyl (C=O) groups is 1. The number of halogens is 2. The molecule has 0 amide bonds. The van der Waals surface area contributed by atoms with Gasteiger partial charge < -0.3 is 5.11 Å². The average molecular weight is 749 g/mol. The molecule has 4 saturated heterocycles. The zero-order valence-corrected chi connectivity index (χ0v) is 29.0. The van der Waals surface area contributed by atoms with E-state index in [2.05, 4.69) is 122 Å². The van der Waals surface area contributed by atoms with Crippen molar-refractivity contribution in [2.24, 2.45) is 0 Å². The summed E-state index contributed by atoms with van der Waals surface area (Å²) in [4.78, 5) is 32.4. The Morgan fingerprint density at radius 1 is 0.696 bits per heavy atom. The van der Waals surface area contributed by atoms with Crippen LogP contribution in [0, 0.1) is 0 Å². The summed E-state index contributed by atoms with van der Waals surface area (Å²) in [5, 5.41) is 11.2. The maximum Gasteiger partial charge on any atom is 0.136 e. The van der Waals surface area contributed by atoms with Crippen molar-refractivity contribution in [3.05, 3.63) is 118 Å². The molecule has 240 valence electrons. The number of nitrogens with zero attached hydrogens (tertiary/aromatic N) is 6. The minimum atomic E-state index is -0.846. The molecule has 2 aromatic heterocycles. The van der Waals surface area contributed by atoms with Gasteiger partial charge in [0.05, 0.1) is 14.6 Å². The van der Waals surface area contributed by atoms with Crippen molar-refractivity contribution in [2.45, 2.75) is 94.2 Å². The Kier molecular flexibility index (Phi) is 11.0. The molecule has 4 unspecified atom stereocenters. The minimum absolute atomic E-state index is 0.417. The average Bonchev–Trinajstić information content (AvgIpc) is 3.44. The second-order valence-corrected chi connectivity index (χ2v) is 14.5. The SMILES string of the molecule is Brc1cncnc1.O=C1CC2CCC(C1)N2Cc1ccccc1.OC1(c2ncncc2Br)CC2CCC(C1)N2Cc1ccccc1. The summed E-state index contributed by atoms with van der Waals surface area (Å²) in [7, 11) is 0. The molecule has 8 nitrogen and oxygen atoms in total. The molecule has 6 heterocycles. The molecule has 4 aliphatic rings. The van der Waals surface area contributed by atoms with Crippen LogP contribution in [0.1, 0.15) is 68.2 Å². The fraction of sp³-hybridized carbons (Fsp3) is 0.417. The van der Waals surface area contributed by atoms with Crippen LogP contribution in [0.15, 0.2) is 101 Å². The molecule has 2 aromatic carbocycles. The van der Waals surface area contributed by atoms with Gasteiger partial charge in [0.1, 0.15) is 24.0 Å². The summed E-state index contributed by atoms with van der Waals surface area (Å²) >= 11 is 6.68. The highest BCUT2D eigenvalue weighted by molar-refractivity contribution is 9.10. The number of piperidine rings is 2. The molecule has 0 spiro atoms. The number of aromatic nitrogens is 4. The summed E-state index contributed by atoms with van der Waals surface area (Å²) in [6.45, 7) is 1.99. The molecule has 46 heavy (non-hydrogen) atoms. The van der Waals surface area contributed by atoms with Gasteiger partial charge in [0.15, 0.2) is 0 Å². The summed E-state index contributed by atoms with van der Waals surface area (Å²) < 4.78 is 1.72. The van der Waals surface area contributed by atoms with Gasteiger partial charge in [-0.25, -0.2) is 19.9 Å². The minimum Gasteiger partial charge on any atom is -0.383 e. The van der Waals surface area contributed by atoms with E-state index < -0.39 is 5.60 Å². The van der Waals surface area contributed by atoms with Gasteiger partial charge in [-0.15, -0.1) is 0 Å². The summed E-state index contributed by atoms with van der Waals surface area (Å²) in [6, 6.07) is 23.1. The number of ketones is 1. The van der Waals surface area contributed by atoms with E-state index in [1.807, 2.05) is 0 Å². The second-order valence-electron chi connectivity index (χ2n) is 12.7. The number of carbonyl (C=O) groups excluding carboxylic acids is 1. The number of fused-ring (bicyclic) bond motifs is 4. The van der Waals surface area contributed by atoms with Gasteiger partial charge in [-0.1, -0.05) is 60.7 Å². The van der Waals surface area contributed by atoms with Crippen LogP contribution in [0.5, 0.6) is 0 Å². The van der Waals surface area contributed by atoms with E-state index in [4.69, 9.17) is 0 Å². The predicted octanol–water partition coefficient (Wildman–Crippen LogP) is 6.88. The molecule has 0 radical (unpaired) electrons. The fourth-order valence-electron chi connectivity index (χ4n) is 7.61.